The van der Waals surface area contributed by atoms with Gasteiger partial charge in [0, 0.05) is 0 Å². The van der Waals surface area contributed by atoms with Crippen molar-refractivity contribution in [2.24, 2.45) is 29.1 Å². The van der Waals surface area contributed by atoms with Crippen LogP contribution < -0.4 is 0 Å². The van der Waals surface area contributed by atoms with E-state index in [-0.39, 0.29) is 11.9 Å². The van der Waals surface area contributed by atoms with Gasteiger partial charge in [-0.1, -0.05) is 25.5 Å². The molecule has 2 heteroatoms. The minimum Gasteiger partial charge on any atom is -0.469 e. The summed E-state index contributed by atoms with van der Waals surface area (Å²) < 4.78 is 5.05. The Kier molecular flexibility index (Phi) is 2.39. The van der Waals surface area contributed by atoms with Crippen molar-refractivity contribution in [3.8, 4) is 0 Å². The van der Waals surface area contributed by atoms with Crippen molar-refractivity contribution in [2.75, 3.05) is 7.11 Å². The Morgan fingerprint density at radius 3 is 2.82 bits per heavy atom. The highest BCUT2D eigenvalue weighted by atomic mass is 16.5. The summed E-state index contributed by atoms with van der Waals surface area (Å²) in [5, 5.41) is 0. The van der Waals surface area contributed by atoms with E-state index in [1.807, 2.05) is 0 Å². The molecule has 4 atom stereocenters. The molecule has 0 heterocycles. The molecule has 2 fully saturated rings. The highest BCUT2D eigenvalue weighted by molar-refractivity contribution is 5.75. The molecule has 0 aromatic heterocycles. The summed E-state index contributed by atoms with van der Waals surface area (Å²) in [5.41, 5.74) is 1.99. The second-order valence-corrected chi connectivity index (χ2v) is 6.78. The number of hydrogen-bond acceptors (Lipinski definition) is 2. The van der Waals surface area contributed by atoms with E-state index < -0.39 is 0 Å². The molecule has 94 valence electrons. The number of allylic oxidation sites excluding steroid dienone is 2. The molecule has 0 amide bonds. The van der Waals surface area contributed by atoms with Crippen LogP contribution in [0.15, 0.2) is 11.6 Å². The molecular weight excluding hydrogens is 212 g/mol. The molecule has 0 unspecified atom stereocenters. The quantitative estimate of drug-likeness (QED) is 0.514. The molecule has 17 heavy (non-hydrogen) atoms. The summed E-state index contributed by atoms with van der Waals surface area (Å²) in [5.74, 6) is 1.91. The minimum atomic E-state index is 0.0352. The summed E-state index contributed by atoms with van der Waals surface area (Å²) in [6.45, 7) is 4.67. The van der Waals surface area contributed by atoms with Crippen LogP contribution in [-0.2, 0) is 9.53 Å². The molecule has 0 aromatic carbocycles. The predicted octanol–water partition coefficient (Wildman–Crippen LogP) is 3.18. The van der Waals surface area contributed by atoms with Gasteiger partial charge in [-0.2, -0.15) is 0 Å². The van der Waals surface area contributed by atoms with E-state index in [0.29, 0.717) is 23.2 Å². The Labute approximate surface area is 103 Å². The van der Waals surface area contributed by atoms with Crippen LogP contribution in [0.1, 0.15) is 39.5 Å². The maximum atomic E-state index is 12.1. The Morgan fingerprint density at radius 1 is 1.35 bits per heavy atom. The second kappa shape index (κ2) is 3.60. The third-order valence-corrected chi connectivity index (χ3v) is 5.16. The second-order valence-electron chi connectivity index (χ2n) is 6.78. The molecule has 0 aliphatic heterocycles. The van der Waals surface area contributed by atoms with Gasteiger partial charge in [-0.25, -0.2) is 0 Å². The largest absolute Gasteiger partial charge is 0.469 e. The van der Waals surface area contributed by atoms with Crippen molar-refractivity contribution in [1.29, 1.82) is 0 Å². The summed E-state index contributed by atoms with van der Waals surface area (Å²) in [7, 11) is 1.54. The lowest BCUT2D eigenvalue weighted by Gasteiger charge is -2.24. The number of hydrogen-bond donors (Lipinski definition) is 0. The first-order valence-corrected chi connectivity index (χ1v) is 6.81. The molecule has 0 bridgehead atoms. The van der Waals surface area contributed by atoms with Crippen LogP contribution in [0.25, 0.3) is 0 Å². The highest BCUT2D eigenvalue weighted by Crippen LogP contribution is 2.62. The van der Waals surface area contributed by atoms with Gasteiger partial charge in [0.2, 0.25) is 0 Å². The summed E-state index contributed by atoms with van der Waals surface area (Å²) in [4.78, 5) is 12.1. The SMILES string of the molecule is COC(=O)[C@@H]1[C@H]2CC(C)(C)C[C@H]2C2=CCC[C@@H]21. The van der Waals surface area contributed by atoms with Crippen molar-refractivity contribution in [2.45, 2.75) is 39.5 Å². The summed E-state index contributed by atoms with van der Waals surface area (Å²) >= 11 is 0. The van der Waals surface area contributed by atoms with E-state index >= 15 is 0 Å². The Hall–Kier alpha value is -0.790. The van der Waals surface area contributed by atoms with Crippen LogP contribution in [0, 0.1) is 29.1 Å². The average Bonchev–Trinajstić information content (AvgIpc) is 2.87. The molecule has 0 spiro atoms. The number of carbonyl (C=O) groups is 1. The maximum Gasteiger partial charge on any atom is 0.309 e. The maximum absolute atomic E-state index is 12.1. The van der Waals surface area contributed by atoms with Crippen LogP contribution in [0.4, 0.5) is 0 Å². The summed E-state index contributed by atoms with van der Waals surface area (Å²) in [6.07, 6.45) is 7.19. The van der Waals surface area contributed by atoms with E-state index in [1.165, 1.54) is 26.4 Å². The molecule has 2 nitrogen and oxygen atoms in total. The fourth-order valence-corrected chi connectivity index (χ4v) is 4.69. The van der Waals surface area contributed by atoms with Gasteiger partial charge in [-0.3, -0.25) is 4.79 Å². The predicted molar refractivity (Wildman–Crippen MR) is 66.3 cm³/mol. The van der Waals surface area contributed by atoms with E-state index in [2.05, 4.69) is 19.9 Å². The van der Waals surface area contributed by atoms with E-state index in [4.69, 9.17) is 4.74 Å². The number of carbonyl (C=O) groups excluding carboxylic acids is 1. The fourth-order valence-electron chi connectivity index (χ4n) is 4.69. The Balaban J connectivity index is 1.94. The lowest BCUT2D eigenvalue weighted by Crippen LogP contribution is -2.27. The van der Waals surface area contributed by atoms with Crippen molar-refractivity contribution in [1.82, 2.24) is 0 Å². The summed E-state index contributed by atoms with van der Waals surface area (Å²) in [6, 6.07) is 0. The van der Waals surface area contributed by atoms with Gasteiger partial charge in [0.1, 0.15) is 0 Å². The van der Waals surface area contributed by atoms with E-state index in [1.54, 1.807) is 5.57 Å². The number of fused-ring (bicyclic) bond motifs is 3. The number of rotatable bonds is 1. The smallest absolute Gasteiger partial charge is 0.309 e. The van der Waals surface area contributed by atoms with Crippen molar-refractivity contribution >= 4 is 5.97 Å². The molecule has 0 aromatic rings. The number of methoxy groups -OCH3 is 1. The Morgan fingerprint density at radius 2 is 2.12 bits per heavy atom. The number of ether oxygens (including phenoxy) is 1. The van der Waals surface area contributed by atoms with Crippen LogP contribution >= 0.6 is 0 Å². The van der Waals surface area contributed by atoms with Gasteiger partial charge in [0.15, 0.2) is 0 Å². The first-order valence-electron chi connectivity index (χ1n) is 6.81. The Bertz CT molecular complexity index is 380. The first kappa shape index (κ1) is 11.3. The van der Waals surface area contributed by atoms with Crippen LogP contribution in [0.2, 0.25) is 0 Å². The minimum absolute atomic E-state index is 0.0352. The fraction of sp³-hybridized carbons (Fsp3) is 0.800. The third-order valence-electron chi connectivity index (χ3n) is 5.16. The van der Waals surface area contributed by atoms with Crippen molar-refractivity contribution < 1.29 is 9.53 Å². The van der Waals surface area contributed by atoms with Crippen molar-refractivity contribution in [3.05, 3.63) is 11.6 Å². The van der Waals surface area contributed by atoms with Crippen LogP contribution in [0.5, 0.6) is 0 Å². The zero-order valence-electron chi connectivity index (χ0n) is 11.0. The molecule has 0 radical (unpaired) electrons. The third kappa shape index (κ3) is 1.56. The van der Waals surface area contributed by atoms with Crippen LogP contribution in [0.3, 0.4) is 0 Å². The van der Waals surface area contributed by atoms with Gasteiger partial charge < -0.3 is 4.74 Å². The molecule has 2 saturated carbocycles. The molecule has 0 saturated heterocycles. The lowest BCUT2D eigenvalue weighted by atomic mass is 9.81. The van der Waals surface area contributed by atoms with E-state index in [9.17, 15) is 4.79 Å². The zero-order valence-corrected chi connectivity index (χ0v) is 11.0. The zero-order chi connectivity index (χ0) is 12.2. The molecule has 3 aliphatic carbocycles. The lowest BCUT2D eigenvalue weighted by molar-refractivity contribution is -0.148. The number of esters is 1. The highest BCUT2D eigenvalue weighted by Gasteiger charge is 2.56. The molecular formula is C15H22O2. The monoisotopic (exact) mass is 234 g/mol. The van der Waals surface area contributed by atoms with Gasteiger partial charge in [-0.05, 0) is 48.9 Å². The van der Waals surface area contributed by atoms with Gasteiger partial charge in [-0.15, -0.1) is 0 Å². The van der Waals surface area contributed by atoms with Gasteiger partial charge >= 0.3 is 5.97 Å². The van der Waals surface area contributed by atoms with Crippen molar-refractivity contribution in [3.63, 3.8) is 0 Å². The van der Waals surface area contributed by atoms with Gasteiger partial charge in [0.05, 0.1) is 13.0 Å². The topological polar surface area (TPSA) is 26.3 Å². The van der Waals surface area contributed by atoms with Gasteiger partial charge in [0.25, 0.3) is 0 Å². The first-order chi connectivity index (χ1) is 8.03. The molecule has 3 rings (SSSR count). The normalized spacial score (nSPS) is 41.9. The standard InChI is InChI=1S/C15H22O2/c1-15(2)7-11-9-5-4-6-10(9)13(12(11)8-15)14(16)17-3/h5,10-13H,4,6-8H2,1-3H3/t10-,11-,12-,13-/m0/s1. The molecule has 3 aliphatic rings. The average molecular weight is 234 g/mol. The van der Waals surface area contributed by atoms with E-state index in [0.717, 1.165) is 6.42 Å². The van der Waals surface area contributed by atoms with Crippen LogP contribution in [-0.4, -0.2) is 13.1 Å². The molecule has 0 N–H and O–H groups in total.